The fourth-order valence-electron chi connectivity index (χ4n) is 3.04. The average Bonchev–Trinajstić information content (AvgIpc) is 2.59. The van der Waals surface area contributed by atoms with Crippen LogP contribution in [0.3, 0.4) is 0 Å². The number of hydrogen-bond donors (Lipinski definition) is 0. The van der Waals surface area contributed by atoms with E-state index in [1.54, 1.807) is 0 Å². The molecule has 1 unspecified atom stereocenters. The molecule has 0 spiro atoms. The molecule has 0 amide bonds. The van der Waals surface area contributed by atoms with Crippen molar-refractivity contribution in [3.8, 4) is 0 Å². The fraction of sp³-hybridized carbons (Fsp3) is 0.941. The lowest BCUT2D eigenvalue weighted by Gasteiger charge is -2.26. The topological polar surface area (TPSA) is 23.6 Å². The van der Waals surface area contributed by atoms with Crippen LogP contribution in [0.2, 0.25) is 0 Å². The van der Waals surface area contributed by atoms with Crippen molar-refractivity contribution in [2.24, 2.45) is 0 Å². The van der Waals surface area contributed by atoms with Crippen molar-refractivity contribution in [3.05, 3.63) is 0 Å². The SMILES string of the molecule is CCCCCCCCCC(=O)C1CN(C)CCCN1C. The molecule has 0 saturated carbocycles. The summed E-state index contributed by atoms with van der Waals surface area (Å²) in [4.78, 5) is 16.9. The van der Waals surface area contributed by atoms with Gasteiger partial charge in [-0.25, -0.2) is 0 Å². The molecule has 1 rings (SSSR count). The van der Waals surface area contributed by atoms with Gasteiger partial charge in [-0.15, -0.1) is 0 Å². The van der Waals surface area contributed by atoms with Gasteiger partial charge in [0.1, 0.15) is 0 Å². The van der Waals surface area contributed by atoms with Gasteiger partial charge in [0, 0.05) is 13.0 Å². The van der Waals surface area contributed by atoms with E-state index >= 15 is 0 Å². The Labute approximate surface area is 125 Å². The van der Waals surface area contributed by atoms with Crippen LogP contribution in [0.5, 0.6) is 0 Å². The molecule has 3 heteroatoms. The van der Waals surface area contributed by atoms with Gasteiger partial charge in [0.2, 0.25) is 0 Å². The van der Waals surface area contributed by atoms with E-state index in [-0.39, 0.29) is 6.04 Å². The molecule has 3 nitrogen and oxygen atoms in total. The van der Waals surface area contributed by atoms with Crippen LogP contribution in [0.15, 0.2) is 0 Å². The Morgan fingerprint density at radius 1 is 1.00 bits per heavy atom. The summed E-state index contributed by atoms with van der Waals surface area (Å²) < 4.78 is 0. The van der Waals surface area contributed by atoms with Gasteiger partial charge in [0.05, 0.1) is 6.04 Å². The van der Waals surface area contributed by atoms with Crippen molar-refractivity contribution in [3.63, 3.8) is 0 Å². The van der Waals surface area contributed by atoms with Crippen LogP contribution in [-0.4, -0.2) is 55.4 Å². The predicted octanol–water partition coefficient (Wildman–Crippen LogP) is 3.33. The monoisotopic (exact) mass is 282 g/mol. The number of ketones is 1. The first-order valence-corrected chi connectivity index (χ1v) is 8.56. The normalized spacial score (nSPS) is 21.9. The predicted molar refractivity (Wildman–Crippen MR) is 86.1 cm³/mol. The van der Waals surface area contributed by atoms with Gasteiger partial charge in [0.15, 0.2) is 5.78 Å². The van der Waals surface area contributed by atoms with Crippen LogP contribution in [-0.2, 0) is 4.79 Å². The van der Waals surface area contributed by atoms with Gasteiger partial charge < -0.3 is 4.90 Å². The molecule has 20 heavy (non-hydrogen) atoms. The third kappa shape index (κ3) is 6.85. The van der Waals surface area contributed by atoms with Gasteiger partial charge in [-0.05, 0) is 40.0 Å². The van der Waals surface area contributed by atoms with Crippen LogP contribution in [0, 0.1) is 0 Å². The second kappa shape index (κ2) is 10.3. The van der Waals surface area contributed by atoms with E-state index < -0.39 is 0 Å². The Balaban J connectivity index is 2.17. The highest BCUT2D eigenvalue weighted by Gasteiger charge is 2.25. The second-order valence-corrected chi connectivity index (χ2v) is 6.45. The van der Waals surface area contributed by atoms with Crippen molar-refractivity contribution in [2.45, 2.75) is 70.8 Å². The molecule has 1 aliphatic rings. The molecule has 1 fully saturated rings. The standard InChI is InChI=1S/C17H34N2O/c1-4-5-6-7-8-9-10-12-17(20)16-15-18(2)13-11-14-19(16)3/h16H,4-15H2,1-3H3. The molecule has 0 bridgehead atoms. The number of carbonyl (C=O) groups excluding carboxylic acids is 1. The van der Waals surface area contributed by atoms with Crippen LogP contribution < -0.4 is 0 Å². The Bertz CT molecular complexity index is 268. The molecule has 118 valence electrons. The molecule has 0 N–H and O–H groups in total. The van der Waals surface area contributed by atoms with Gasteiger partial charge in [0.25, 0.3) is 0 Å². The largest absolute Gasteiger partial charge is 0.304 e. The third-order valence-corrected chi connectivity index (χ3v) is 4.47. The molecule has 0 aliphatic carbocycles. The molecule has 1 atom stereocenters. The number of carbonyl (C=O) groups is 1. The van der Waals surface area contributed by atoms with E-state index in [0.29, 0.717) is 5.78 Å². The molecule has 0 aromatic heterocycles. The number of hydrogen-bond acceptors (Lipinski definition) is 3. The lowest BCUT2D eigenvalue weighted by atomic mass is 10.0. The summed E-state index contributed by atoms with van der Waals surface area (Å²) in [5.41, 5.74) is 0. The van der Waals surface area contributed by atoms with Gasteiger partial charge in [-0.1, -0.05) is 45.4 Å². The number of Topliss-reactive ketones (excluding diaryl/α,β-unsaturated/α-hetero) is 1. The minimum Gasteiger partial charge on any atom is -0.304 e. The van der Waals surface area contributed by atoms with Crippen LogP contribution in [0.1, 0.15) is 64.7 Å². The lowest BCUT2D eigenvalue weighted by molar-refractivity contribution is -0.124. The molecule has 0 aromatic rings. The number of nitrogens with zero attached hydrogens (tertiary/aromatic N) is 2. The third-order valence-electron chi connectivity index (χ3n) is 4.47. The van der Waals surface area contributed by atoms with Crippen molar-refractivity contribution in [2.75, 3.05) is 33.7 Å². The number of unbranched alkanes of at least 4 members (excludes halogenated alkanes) is 6. The minimum absolute atomic E-state index is 0.127. The Morgan fingerprint density at radius 3 is 2.35 bits per heavy atom. The molecule has 1 heterocycles. The van der Waals surface area contributed by atoms with Gasteiger partial charge >= 0.3 is 0 Å². The van der Waals surface area contributed by atoms with Crippen molar-refractivity contribution in [1.82, 2.24) is 9.80 Å². The number of likely N-dealkylation sites (N-methyl/N-ethyl adjacent to an activating group) is 2. The molecule has 1 saturated heterocycles. The van der Waals surface area contributed by atoms with E-state index in [9.17, 15) is 4.79 Å². The molecular formula is C17H34N2O. The van der Waals surface area contributed by atoms with Crippen molar-refractivity contribution in [1.29, 1.82) is 0 Å². The summed E-state index contributed by atoms with van der Waals surface area (Å²) in [6, 6.07) is 0.127. The lowest BCUT2D eigenvalue weighted by Crippen LogP contribution is -2.43. The fourth-order valence-corrected chi connectivity index (χ4v) is 3.04. The van der Waals surface area contributed by atoms with Crippen LogP contribution in [0.25, 0.3) is 0 Å². The highest BCUT2D eigenvalue weighted by Crippen LogP contribution is 2.13. The first kappa shape index (κ1) is 17.6. The Hall–Kier alpha value is -0.410. The zero-order valence-corrected chi connectivity index (χ0v) is 13.9. The molecule has 1 aliphatic heterocycles. The second-order valence-electron chi connectivity index (χ2n) is 6.45. The minimum atomic E-state index is 0.127. The van der Waals surface area contributed by atoms with E-state index in [0.717, 1.165) is 32.5 Å². The van der Waals surface area contributed by atoms with Gasteiger partial charge in [-0.2, -0.15) is 0 Å². The molecular weight excluding hydrogens is 248 g/mol. The van der Waals surface area contributed by atoms with Gasteiger partial charge in [-0.3, -0.25) is 9.69 Å². The zero-order valence-electron chi connectivity index (χ0n) is 13.9. The van der Waals surface area contributed by atoms with Crippen LogP contribution in [0.4, 0.5) is 0 Å². The van der Waals surface area contributed by atoms with Crippen molar-refractivity contribution >= 4 is 5.78 Å². The smallest absolute Gasteiger partial charge is 0.151 e. The first-order chi connectivity index (χ1) is 9.65. The Kier molecular flexibility index (Phi) is 9.12. The van der Waals surface area contributed by atoms with Crippen LogP contribution >= 0.6 is 0 Å². The number of rotatable bonds is 9. The van der Waals surface area contributed by atoms with Crippen molar-refractivity contribution < 1.29 is 4.79 Å². The zero-order chi connectivity index (χ0) is 14.8. The maximum Gasteiger partial charge on any atom is 0.151 e. The maximum absolute atomic E-state index is 12.4. The quantitative estimate of drug-likeness (QED) is 0.606. The molecule has 0 radical (unpaired) electrons. The summed E-state index contributed by atoms with van der Waals surface area (Å²) in [6.45, 7) is 5.33. The first-order valence-electron chi connectivity index (χ1n) is 8.56. The summed E-state index contributed by atoms with van der Waals surface area (Å²) in [6.07, 6.45) is 10.9. The highest BCUT2D eigenvalue weighted by molar-refractivity contribution is 5.84. The van der Waals surface area contributed by atoms with E-state index in [1.165, 1.54) is 44.9 Å². The summed E-state index contributed by atoms with van der Waals surface area (Å²) in [5.74, 6) is 0.454. The summed E-state index contributed by atoms with van der Waals surface area (Å²) in [5, 5.41) is 0. The van der Waals surface area contributed by atoms with E-state index in [1.807, 2.05) is 0 Å². The highest BCUT2D eigenvalue weighted by atomic mass is 16.1. The van der Waals surface area contributed by atoms with E-state index in [2.05, 4.69) is 30.8 Å². The Morgan fingerprint density at radius 2 is 1.65 bits per heavy atom. The summed E-state index contributed by atoms with van der Waals surface area (Å²) in [7, 11) is 4.24. The average molecular weight is 282 g/mol. The molecule has 0 aromatic carbocycles. The maximum atomic E-state index is 12.4. The van der Waals surface area contributed by atoms with E-state index in [4.69, 9.17) is 0 Å². The summed E-state index contributed by atoms with van der Waals surface area (Å²) >= 11 is 0.